The van der Waals surface area contributed by atoms with Crippen molar-refractivity contribution in [2.75, 3.05) is 5.32 Å². The van der Waals surface area contributed by atoms with Crippen molar-refractivity contribution < 1.29 is 18.7 Å². The van der Waals surface area contributed by atoms with Crippen LogP contribution in [0.3, 0.4) is 0 Å². The third-order valence-corrected chi connectivity index (χ3v) is 5.29. The van der Waals surface area contributed by atoms with Crippen molar-refractivity contribution in [3.63, 3.8) is 0 Å². The molecule has 2 amide bonds. The van der Waals surface area contributed by atoms with Crippen LogP contribution in [0.25, 0.3) is 0 Å². The van der Waals surface area contributed by atoms with Crippen LogP contribution in [-0.4, -0.2) is 22.0 Å². The zero-order valence-corrected chi connectivity index (χ0v) is 17.9. The Hall–Kier alpha value is -3.39. The number of aromatic nitrogens is 1. The van der Waals surface area contributed by atoms with E-state index in [1.54, 1.807) is 43.5 Å². The first-order chi connectivity index (χ1) is 14.9. The maximum Gasteiger partial charge on any atom is 0.233 e. The van der Waals surface area contributed by atoms with Crippen molar-refractivity contribution >= 4 is 29.3 Å². The summed E-state index contributed by atoms with van der Waals surface area (Å²) in [7, 11) is 0. The lowest BCUT2D eigenvalue weighted by molar-refractivity contribution is -0.120. The minimum Gasteiger partial charge on any atom is -0.453 e. The van der Waals surface area contributed by atoms with Crippen LogP contribution in [0.15, 0.2) is 71.9 Å². The summed E-state index contributed by atoms with van der Waals surface area (Å²) < 4.78 is 19.8. The molecule has 1 unspecified atom stereocenters. The number of hydrogen-bond donors (Lipinski definition) is 2. The van der Waals surface area contributed by atoms with Gasteiger partial charge in [0.2, 0.25) is 11.8 Å². The van der Waals surface area contributed by atoms with Crippen molar-refractivity contribution in [1.82, 2.24) is 10.3 Å². The van der Waals surface area contributed by atoms with Crippen molar-refractivity contribution in [2.45, 2.75) is 30.5 Å². The number of carbonyl (C=O) groups is 2. The molecule has 0 aliphatic rings. The van der Waals surface area contributed by atoms with Crippen molar-refractivity contribution in [2.24, 2.45) is 0 Å². The molecule has 1 heterocycles. The summed E-state index contributed by atoms with van der Waals surface area (Å²) in [5.41, 5.74) is 1.33. The molecule has 0 saturated heterocycles. The maximum absolute atomic E-state index is 14.3. The quantitative estimate of drug-likeness (QED) is 0.494. The second kappa shape index (κ2) is 10.6. The highest BCUT2D eigenvalue weighted by Crippen LogP contribution is 2.26. The fourth-order valence-electron chi connectivity index (χ4n) is 2.68. The molecule has 0 aliphatic heterocycles. The van der Waals surface area contributed by atoms with Gasteiger partial charge in [0.15, 0.2) is 11.6 Å². The number of carbonyl (C=O) groups excluding carboxylic acids is 2. The predicted molar refractivity (Wildman–Crippen MR) is 119 cm³/mol. The molecular weight excluding hydrogens is 417 g/mol. The van der Waals surface area contributed by atoms with Gasteiger partial charge in [-0.1, -0.05) is 6.07 Å². The molecule has 2 aromatic carbocycles. The van der Waals surface area contributed by atoms with E-state index in [4.69, 9.17) is 4.74 Å². The molecule has 0 radical (unpaired) electrons. The van der Waals surface area contributed by atoms with E-state index in [1.807, 2.05) is 12.1 Å². The molecule has 8 heteroatoms. The van der Waals surface area contributed by atoms with Gasteiger partial charge in [0.1, 0.15) is 5.75 Å². The Morgan fingerprint density at radius 3 is 2.58 bits per heavy atom. The lowest BCUT2D eigenvalue weighted by Gasteiger charge is -2.13. The third kappa shape index (κ3) is 6.82. The first kappa shape index (κ1) is 22.3. The van der Waals surface area contributed by atoms with Gasteiger partial charge in [0.25, 0.3) is 0 Å². The Morgan fingerprint density at radius 2 is 1.94 bits per heavy atom. The van der Waals surface area contributed by atoms with Crippen LogP contribution in [0.4, 0.5) is 10.1 Å². The number of thioether (sulfide) groups is 1. The lowest BCUT2D eigenvalue weighted by Crippen LogP contribution is -2.30. The van der Waals surface area contributed by atoms with Gasteiger partial charge in [-0.25, -0.2) is 4.39 Å². The van der Waals surface area contributed by atoms with E-state index in [0.29, 0.717) is 17.0 Å². The van der Waals surface area contributed by atoms with Gasteiger partial charge in [0, 0.05) is 30.2 Å². The monoisotopic (exact) mass is 439 g/mol. The molecule has 31 heavy (non-hydrogen) atoms. The molecule has 0 saturated carbocycles. The van der Waals surface area contributed by atoms with Crippen LogP contribution in [0, 0.1) is 5.82 Å². The molecular formula is C23H22FN3O3S. The largest absolute Gasteiger partial charge is 0.453 e. The Bertz CT molecular complexity index is 1050. The van der Waals surface area contributed by atoms with Gasteiger partial charge in [-0.05, 0) is 61.0 Å². The van der Waals surface area contributed by atoms with Crippen LogP contribution >= 0.6 is 11.8 Å². The van der Waals surface area contributed by atoms with Crippen LogP contribution in [0.1, 0.15) is 19.4 Å². The van der Waals surface area contributed by atoms with E-state index in [-0.39, 0.29) is 29.4 Å². The molecule has 1 atom stereocenters. The SMILES string of the molecule is CC(=O)Nc1ccc(SC(C)C(=O)NCc2ccc(Oc3cccnc3)c(F)c2)cc1. The van der Waals surface area contributed by atoms with Crippen LogP contribution < -0.4 is 15.4 Å². The summed E-state index contributed by atoms with van der Waals surface area (Å²) in [6.45, 7) is 3.45. The fourth-order valence-corrected chi connectivity index (χ4v) is 3.57. The first-order valence-corrected chi connectivity index (χ1v) is 10.5. The van der Waals surface area contributed by atoms with Crippen molar-refractivity contribution in [3.05, 3.63) is 78.4 Å². The fraction of sp³-hybridized carbons (Fsp3) is 0.174. The summed E-state index contributed by atoms with van der Waals surface area (Å²) >= 11 is 1.40. The number of benzene rings is 2. The average molecular weight is 440 g/mol. The number of rotatable bonds is 8. The molecule has 160 valence electrons. The van der Waals surface area contributed by atoms with Crippen molar-refractivity contribution in [1.29, 1.82) is 0 Å². The van der Waals surface area contributed by atoms with E-state index < -0.39 is 5.82 Å². The molecule has 3 rings (SSSR count). The third-order valence-electron chi connectivity index (χ3n) is 4.18. The first-order valence-electron chi connectivity index (χ1n) is 9.59. The summed E-state index contributed by atoms with van der Waals surface area (Å²) in [5, 5.41) is 5.17. The van der Waals surface area contributed by atoms with E-state index in [1.165, 1.54) is 37.0 Å². The van der Waals surface area contributed by atoms with E-state index in [0.717, 1.165) is 4.90 Å². The number of ether oxygens (including phenoxy) is 1. The second-order valence-corrected chi connectivity index (χ2v) is 8.15. The summed E-state index contributed by atoms with van der Waals surface area (Å²) in [6, 6.07) is 15.2. The second-order valence-electron chi connectivity index (χ2n) is 6.74. The van der Waals surface area contributed by atoms with Crippen LogP contribution in [0.2, 0.25) is 0 Å². The normalized spacial score (nSPS) is 11.5. The zero-order valence-electron chi connectivity index (χ0n) is 17.1. The molecule has 0 bridgehead atoms. The van der Waals surface area contributed by atoms with Gasteiger partial charge in [-0.15, -0.1) is 11.8 Å². The van der Waals surface area contributed by atoms with Gasteiger partial charge >= 0.3 is 0 Å². The lowest BCUT2D eigenvalue weighted by atomic mass is 10.2. The molecule has 0 aliphatic carbocycles. The van der Waals surface area contributed by atoms with E-state index >= 15 is 0 Å². The molecule has 0 spiro atoms. The van der Waals surface area contributed by atoms with Crippen LogP contribution in [-0.2, 0) is 16.1 Å². The summed E-state index contributed by atoms with van der Waals surface area (Å²) in [5.74, 6) is -0.279. The minimum atomic E-state index is -0.516. The number of nitrogens with zero attached hydrogens (tertiary/aromatic N) is 1. The average Bonchev–Trinajstić information content (AvgIpc) is 2.75. The summed E-state index contributed by atoms with van der Waals surface area (Å²) in [6.07, 6.45) is 3.11. The van der Waals surface area contributed by atoms with E-state index in [2.05, 4.69) is 15.6 Å². The number of hydrogen-bond acceptors (Lipinski definition) is 5. The molecule has 0 fully saturated rings. The summed E-state index contributed by atoms with van der Waals surface area (Å²) in [4.78, 5) is 28.3. The number of pyridine rings is 1. The Morgan fingerprint density at radius 1 is 1.16 bits per heavy atom. The van der Waals surface area contributed by atoms with Crippen LogP contribution in [0.5, 0.6) is 11.5 Å². The highest BCUT2D eigenvalue weighted by atomic mass is 32.2. The van der Waals surface area contributed by atoms with Gasteiger partial charge in [-0.3, -0.25) is 14.6 Å². The molecule has 1 aromatic heterocycles. The Labute approximate surface area is 184 Å². The van der Waals surface area contributed by atoms with E-state index in [9.17, 15) is 14.0 Å². The highest BCUT2D eigenvalue weighted by Gasteiger charge is 2.15. The highest BCUT2D eigenvalue weighted by molar-refractivity contribution is 8.00. The van der Waals surface area contributed by atoms with Gasteiger partial charge in [-0.2, -0.15) is 0 Å². The number of halogens is 1. The number of anilines is 1. The minimum absolute atomic E-state index is 0.0923. The Balaban J connectivity index is 1.51. The molecule has 6 nitrogen and oxygen atoms in total. The maximum atomic E-state index is 14.3. The standard InChI is InChI=1S/C23H22FN3O3S/c1-15(31-20-8-6-18(7-9-20)27-16(2)28)23(29)26-13-17-5-10-22(21(24)12-17)30-19-4-3-11-25-14-19/h3-12,14-15H,13H2,1-2H3,(H,26,29)(H,27,28). The Kier molecular flexibility index (Phi) is 7.61. The van der Waals surface area contributed by atoms with Gasteiger partial charge in [0.05, 0.1) is 11.4 Å². The predicted octanol–water partition coefficient (Wildman–Crippen LogP) is 4.77. The van der Waals surface area contributed by atoms with Gasteiger partial charge < -0.3 is 15.4 Å². The van der Waals surface area contributed by atoms with Crippen molar-refractivity contribution in [3.8, 4) is 11.5 Å². The number of nitrogens with one attached hydrogen (secondary N) is 2. The smallest absolute Gasteiger partial charge is 0.233 e. The zero-order chi connectivity index (χ0) is 22.2. The molecule has 3 aromatic rings. The topological polar surface area (TPSA) is 80.3 Å². The number of amides is 2. The molecule has 2 N–H and O–H groups in total.